The van der Waals surface area contributed by atoms with Gasteiger partial charge >= 0.3 is 0 Å². The van der Waals surface area contributed by atoms with Gasteiger partial charge in [-0.1, -0.05) is 0 Å². The molecule has 0 bridgehead atoms. The van der Waals surface area contributed by atoms with Crippen LogP contribution in [0.1, 0.15) is 5.89 Å². The van der Waals surface area contributed by atoms with E-state index >= 15 is 0 Å². The first-order valence-corrected chi connectivity index (χ1v) is 5.20. The van der Waals surface area contributed by atoms with Crippen molar-refractivity contribution in [1.29, 1.82) is 0 Å². The lowest BCUT2D eigenvalue weighted by Gasteiger charge is -2.07. The molecule has 2 aromatic rings. The molecule has 6 heteroatoms. The maximum atomic E-state index is 5.40. The molecule has 2 rings (SSSR count). The van der Waals surface area contributed by atoms with Crippen LogP contribution in [0.4, 0.5) is 0 Å². The molecule has 0 fully saturated rings. The molecule has 0 unspecified atom stereocenters. The summed E-state index contributed by atoms with van der Waals surface area (Å²) in [6.45, 7) is 1.37. The third kappa shape index (κ3) is 2.43. The summed E-state index contributed by atoms with van der Waals surface area (Å²) in [6, 6.07) is 5.34. The first-order valence-electron chi connectivity index (χ1n) is 5.20. The number of nitrogens with zero attached hydrogens (tertiary/aromatic N) is 2. The van der Waals surface area contributed by atoms with Gasteiger partial charge in [0.1, 0.15) is 11.5 Å². The maximum Gasteiger partial charge on any atom is 0.251 e. The van der Waals surface area contributed by atoms with Crippen molar-refractivity contribution in [3.8, 4) is 23.0 Å². The van der Waals surface area contributed by atoms with E-state index in [0.717, 1.165) is 0 Å². The maximum absolute atomic E-state index is 5.40. The molecule has 0 saturated heterocycles. The molecule has 0 aliphatic heterocycles. The van der Waals surface area contributed by atoms with E-state index in [1.54, 1.807) is 32.4 Å². The fraction of sp³-hybridized carbons (Fsp3) is 0.250. The van der Waals surface area contributed by atoms with E-state index in [0.29, 0.717) is 28.8 Å². The van der Waals surface area contributed by atoms with Crippen molar-refractivity contribution in [3.05, 3.63) is 30.7 Å². The number of methoxy groups -OCH3 is 3. The minimum absolute atomic E-state index is 0.297. The van der Waals surface area contributed by atoms with Gasteiger partial charge in [-0.2, -0.15) is 0 Å². The second-order valence-corrected chi connectivity index (χ2v) is 3.37. The van der Waals surface area contributed by atoms with Gasteiger partial charge < -0.3 is 18.6 Å². The number of rotatable bonds is 5. The highest BCUT2D eigenvalue weighted by Gasteiger charge is 2.14. The van der Waals surface area contributed by atoms with Crippen molar-refractivity contribution in [3.63, 3.8) is 0 Å². The van der Waals surface area contributed by atoms with Crippen LogP contribution in [0, 0.1) is 6.61 Å². The summed E-state index contributed by atoms with van der Waals surface area (Å²) < 4.78 is 20.6. The van der Waals surface area contributed by atoms with Gasteiger partial charge in [-0.15, -0.1) is 10.2 Å². The molecule has 0 N–H and O–H groups in total. The van der Waals surface area contributed by atoms with Gasteiger partial charge in [-0.3, -0.25) is 0 Å². The molecule has 1 heterocycles. The Hall–Kier alpha value is -2.08. The molecule has 0 amide bonds. The van der Waals surface area contributed by atoms with Crippen LogP contribution >= 0.6 is 0 Å². The van der Waals surface area contributed by atoms with E-state index in [1.807, 2.05) is 0 Å². The van der Waals surface area contributed by atoms with Crippen LogP contribution in [0.2, 0.25) is 0 Å². The molecular weight excluding hydrogens is 236 g/mol. The number of ether oxygens (including phenoxy) is 3. The first kappa shape index (κ1) is 12.4. The summed E-state index contributed by atoms with van der Waals surface area (Å²) >= 11 is 0. The third-order valence-corrected chi connectivity index (χ3v) is 2.30. The summed E-state index contributed by atoms with van der Waals surface area (Å²) in [4.78, 5) is 0. The molecule has 0 saturated carbocycles. The van der Waals surface area contributed by atoms with Crippen LogP contribution in [-0.2, 0) is 4.74 Å². The number of hydrogen-bond donors (Lipinski definition) is 0. The van der Waals surface area contributed by atoms with E-state index in [4.69, 9.17) is 18.6 Å². The lowest BCUT2D eigenvalue weighted by molar-refractivity contribution is 0.269. The largest absolute Gasteiger partial charge is 0.497 e. The van der Waals surface area contributed by atoms with E-state index < -0.39 is 0 Å². The van der Waals surface area contributed by atoms with Crippen LogP contribution in [0.15, 0.2) is 22.6 Å². The van der Waals surface area contributed by atoms with Crippen LogP contribution < -0.4 is 9.47 Å². The highest BCUT2D eigenvalue weighted by molar-refractivity contribution is 5.64. The molecule has 1 aromatic heterocycles. The van der Waals surface area contributed by atoms with Crippen molar-refractivity contribution < 1.29 is 18.6 Å². The van der Waals surface area contributed by atoms with Crippen molar-refractivity contribution in [1.82, 2.24) is 10.2 Å². The highest BCUT2D eigenvalue weighted by atomic mass is 16.5. The van der Waals surface area contributed by atoms with Gasteiger partial charge in [-0.25, -0.2) is 0 Å². The van der Waals surface area contributed by atoms with Crippen molar-refractivity contribution in [2.45, 2.75) is 0 Å². The quantitative estimate of drug-likeness (QED) is 0.806. The Bertz CT molecular complexity index is 525. The van der Waals surface area contributed by atoms with E-state index in [9.17, 15) is 0 Å². The standard InChI is InChI=1S/C12H13N2O4/c1-15-7-11-13-14-12(18-11)9-5-4-8(16-2)6-10(9)17-3/h4-7H,1-3H3. The predicted molar refractivity (Wildman–Crippen MR) is 63.2 cm³/mol. The van der Waals surface area contributed by atoms with E-state index in [-0.39, 0.29) is 0 Å². The van der Waals surface area contributed by atoms with Crippen LogP contribution in [0.3, 0.4) is 0 Å². The molecule has 18 heavy (non-hydrogen) atoms. The van der Waals surface area contributed by atoms with Gasteiger partial charge in [0.25, 0.3) is 5.89 Å². The Morgan fingerprint density at radius 3 is 2.61 bits per heavy atom. The molecule has 1 radical (unpaired) electrons. The summed E-state index contributed by atoms with van der Waals surface area (Å²) in [5.74, 6) is 1.95. The lowest BCUT2D eigenvalue weighted by atomic mass is 10.2. The molecule has 6 nitrogen and oxygen atoms in total. The summed E-state index contributed by atoms with van der Waals surface area (Å²) in [7, 11) is 4.67. The second kappa shape index (κ2) is 5.50. The zero-order valence-electron chi connectivity index (χ0n) is 10.3. The van der Waals surface area contributed by atoms with Crippen molar-refractivity contribution in [2.75, 3.05) is 21.3 Å². The highest BCUT2D eigenvalue weighted by Crippen LogP contribution is 2.32. The molecule has 95 valence electrons. The van der Waals surface area contributed by atoms with Crippen LogP contribution in [0.5, 0.6) is 11.5 Å². The fourth-order valence-corrected chi connectivity index (χ4v) is 1.47. The van der Waals surface area contributed by atoms with Crippen molar-refractivity contribution in [2.24, 2.45) is 0 Å². The monoisotopic (exact) mass is 249 g/mol. The Morgan fingerprint density at radius 2 is 1.94 bits per heavy atom. The smallest absolute Gasteiger partial charge is 0.251 e. The zero-order chi connectivity index (χ0) is 13.0. The average molecular weight is 249 g/mol. The normalized spacial score (nSPS) is 10.4. The summed E-state index contributed by atoms with van der Waals surface area (Å²) in [5, 5.41) is 7.74. The molecular formula is C12H13N2O4. The third-order valence-electron chi connectivity index (χ3n) is 2.30. The van der Waals surface area contributed by atoms with E-state index in [1.165, 1.54) is 13.7 Å². The molecule has 0 spiro atoms. The average Bonchev–Trinajstić information content (AvgIpc) is 2.87. The molecule has 0 atom stereocenters. The summed E-state index contributed by atoms with van der Waals surface area (Å²) in [6.07, 6.45) is 0. The zero-order valence-corrected chi connectivity index (χ0v) is 10.3. The predicted octanol–water partition coefficient (Wildman–Crippen LogP) is 1.91. The fourth-order valence-electron chi connectivity index (χ4n) is 1.47. The minimum Gasteiger partial charge on any atom is -0.497 e. The van der Waals surface area contributed by atoms with Crippen LogP contribution in [-0.4, -0.2) is 31.5 Å². The summed E-state index contributed by atoms with van der Waals surface area (Å²) in [5.41, 5.74) is 0.696. The molecule has 0 aliphatic carbocycles. The van der Waals surface area contributed by atoms with Crippen molar-refractivity contribution >= 4 is 0 Å². The Kier molecular flexibility index (Phi) is 3.78. The lowest BCUT2D eigenvalue weighted by Crippen LogP contribution is -1.90. The minimum atomic E-state index is 0.297. The Labute approximate surface area is 104 Å². The first-order chi connectivity index (χ1) is 8.78. The topological polar surface area (TPSA) is 66.6 Å². The van der Waals surface area contributed by atoms with Gasteiger partial charge in [-0.05, 0) is 12.1 Å². The van der Waals surface area contributed by atoms with Crippen LogP contribution in [0.25, 0.3) is 11.5 Å². The van der Waals surface area contributed by atoms with E-state index in [2.05, 4.69) is 10.2 Å². The van der Waals surface area contributed by atoms with Gasteiger partial charge in [0, 0.05) is 13.2 Å². The number of aromatic nitrogens is 2. The van der Waals surface area contributed by atoms with Gasteiger partial charge in [0.2, 0.25) is 5.89 Å². The number of benzene rings is 1. The van der Waals surface area contributed by atoms with Gasteiger partial charge in [0.15, 0.2) is 6.61 Å². The second-order valence-electron chi connectivity index (χ2n) is 3.37. The Morgan fingerprint density at radius 1 is 1.11 bits per heavy atom. The Balaban J connectivity index is 2.36. The SMILES string of the molecule is CO[CH]c1nnc(-c2ccc(OC)cc2OC)o1. The molecule has 0 aliphatic rings. The molecule has 1 aromatic carbocycles. The number of hydrogen-bond acceptors (Lipinski definition) is 6. The van der Waals surface area contributed by atoms with Gasteiger partial charge in [0.05, 0.1) is 19.8 Å².